The Bertz CT molecular complexity index is 389. The minimum atomic E-state index is -0.0167. The third-order valence-electron chi connectivity index (χ3n) is 3.25. The van der Waals surface area contributed by atoms with Gasteiger partial charge in [-0.1, -0.05) is 18.6 Å². The third kappa shape index (κ3) is 4.73. The molecule has 0 saturated carbocycles. The lowest BCUT2D eigenvalue weighted by molar-refractivity contribution is -0.123. The molecule has 1 unspecified atom stereocenters. The Morgan fingerprint density at radius 2 is 2.11 bits per heavy atom. The number of amides is 1. The molecule has 5 heteroatoms. The molecule has 1 aliphatic rings. The molecular formula is C14H21ClN2O2. The SMILES string of the molecule is COc1ccc(CNC(=O)C2CCCCN2)cc1.Cl. The second kappa shape index (κ2) is 8.02. The molecule has 0 spiro atoms. The van der Waals surface area contributed by atoms with Crippen LogP contribution in [0.1, 0.15) is 24.8 Å². The minimum absolute atomic E-state index is 0. The molecular weight excluding hydrogens is 264 g/mol. The van der Waals surface area contributed by atoms with Crippen molar-refractivity contribution >= 4 is 18.3 Å². The van der Waals surface area contributed by atoms with Crippen LogP contribution in [0.25, 0.3) is 0 Å². The van der Waals surface area contributed by atoms with E-state index in [4.69, 9.17) is 4.74 Å². The first-order chi connectivity index (χ1) is 8.79. The van der Waals surface area contributed by atoms with Crippen LogP contribution in [0.3, 0.4) is 0 Å². The van der Waals surface area contributed by atoms with Crippen LogP contribution >= 0.6 is 12.4 Å². The number of halogens is 1. The molecule has 1 aromatic carbocycles. The number of carbonyl (C=O) groups excluding carboxylic acids is 1. The van der Waals surface area contributed by atoms with Gasteiger partial charge in [-0.15, -0.1) is 12.4 Å². The van der Waals surface area contributed by atoms with Gasteiger partial charge in [-0.25, -0.2) is 0 Å². The Hall–Kier alpha value is -1.26. The number of methoxy groups -OCH3 is 1. The van der Waals surface area contributed by atoms with E-state index in [0.717, 1.165) is 30.7 Å². The Morgan fingerprint density at radius 1 is 1.37 bits per heavy atom. The van der Waals surface area contributed by atoms with Crippen molar-refractivity contribution in [2.75, 3.05) is 13.7 Å². The van der Waals surface area contributed by atoms with Crippen LogP contribution in [0, 0.1) is 0 Å². The highest BCUT2D eigenvalue weighted by atomic mass is 35.5. The van der Waals surface area contributed by atoms with Crippen molar-refractivity contribution in [3.63, 3.8) is 0 Å². The van der Waals surface area contributed by atoms with Crippen molar-refractivity contribution in [3.8, 4) is 5.75 Å². The summed E-state index contributed by atoms with van der Waals surface area (Å²) in [6.07, 6.45) is 3.24. The Balaban J connectivity index is 0.00000180. The molecule has 19 heavy (non-hydrogen) atoms. The van der Waals surface area contributed by atoms with Crippen molar-refractivity contribution in [1.82, 2.24) is 10.6 Å². The van der Waals surface area contributed by atoms with E-state index in [1.54, 1.807) is 7.11 Å². The van der Waals surface area contributed by atoms with Gasteiger partial charge in [-0.2, -0.15) is 0 Å². The quantitative estimate of drug-likeness (QED) is 0.888. The van der Waals surface area contributed by atoms with Crippen LogP contribution in [0.5, 0.6) is 5.75 Å². The number of benzene rings is 1. The summed E-state index contributed by atoms with van der Waals surface area (Å²) < 4.78 is 5.09. The van der Waals surface area contributed by atoms with Gasteiger partial charge in [0.05, 0.1) is 13.2 Å². The van der Waals surface area contributed by atoms with Crippen molar-refractivity contribution in [1.29, 1.82) is 0 Å². The molecule has 0 radical (unpaired) electrons. The summed E-state index contributed by atoms with van der Waals surface area (Å²) in [6.45, 7) is 1.52. The molecule has 4 nitrogen and oxygen atoms in total. The highest BCUT2D eigenvalue weighted by Gasteiger charge is 2.19. The van der Waals surface area contributed by atoms with Gasteiger partial charge < -0.3 is 15.4 Å². The molecule has 0 aliphatic carbocycles. The smallest absolute Gasteiger partial charge is 0.237 e. The van der Waals surface area contributed by atoms with E-state index in [2.05, 4.69) is 10.6 Å². The standard InChI is InChI=1S/C14H20N2O2.ClH/c1-18-12-7-5-11(6-8-12)10-16-14(17)13-4-2-3-9-15-13;/h5-8,13,15H,2-4,9-10H2,1H3,(H,16,17);1H. The van der Waals surface area contributed by atoms with Gasteiger partial charge in [0.2, 0.25) is 5.91 Å². The van der Waals surface area contributed by atoms with Gasteiger partial charge in [-0.3, -0.25) is 4.79 Å². The number of hydrogen-bond donors (Lipinski definition) is 2. The molecule has 0 aromatic heterocycles. The van der Waals surface area contributed by atoms with Crippen LogP contribution in [-0.2, 0) is 11.3 Å². The lowest BCUT2D eigenvalue weighted by Crippen LogP contribution is -2.46. The van der Waals surface area contributed by atoms with Gasteiger partial charge in [0.1, 0.15) is 5.75 Å². The zero-order valence-corrected chi connectivity index (χ0v) is 12.0. The topological polar surface area (TPSA) is 50.4 Å². The number of carbonyl (C=O) groups is 1. The fraction of sp³-hybridized carbons (Fsp3) is 0.500. The number of ether oxygens (including phenoxy) is 1. The van der Waals surface area contributed by atoms with Gasteiger partial charge in [0, 0.05) is 6.54 Å². The van der Waals surface area contributed by atoms with Crippen LogP contribution in [-0.4, -0.2) is 25.6 Å². The largest absolute Gasteiger partial charge is 0.497 e. The van der Waals surface area contributed by atoms with Crippen molar-refractivity contribution in [3.05, 3.63) is 29.8 Å². The molecule has 2 N–H and O–H groups in total. The van der Waals surface area contributed by atoms with E-state index >= 15 is 0 Å². The van der Waals surface area contributed by atoms with E-state index in [-0.39, 0.29) is 24.4 Å². The molecule has 1 aromatic rings. The normalized spacial score (nSPS) is 18.3. The second-order valence-electron chi connectivity index (χ2n) is 4.57. The summed E-state index contributed by atoms with van der Waals surface area (Å²) in [7, 11) is 1.64. The highest BCUT2D eigenvalue weighted by molar-refractivity contribution is 5.85. The van der Waals surface area contributed by atoms with Gasteiger partial charge in [-0.05, 0) is 37.1 Å². The highest BCUT2D eigenvalue weighted by Crippen LogP contribution is 2.11. The molecule has 1 amide bonds. The lowest BCUT2D eigenvalue weighted by Gasteiger charge is -2.22. The maximum Gasteiger partial charge on any atom is 0.237 e. The molecule has 106 valence electrons. The number of piperidine rings is 1. The maximum atomic E-state index is 11.9. The molecule has 1 atom stereocenters. The monoisotopic (exact) mass is 284 g/mol. The van der Waals surface area contributed by atoms with E-state index in [9.17, 15) is 4.79 Å². The average Bonchev–Trinajstić information content (AvgIpc) is 2.46. The van der Waals surface area contributed by atoms with E-state index < -0.39 is 0 Å². The summed E-state index contributed by atoms with van der Waals surface area (Å²) in [5.74, 6) is 0.935. The second-order valence-corrected chi connectivity index (χ2v) is 4.57. The Labute approximate surface area is 120 Å². The predicted octanol–water partition coefficient (Wildman–Crippen LogP) is 1.88. The summed E-state index contributed by atoms with van der Waals surface area (Å²) in [6, 6.07) is 7.72. The summed E-state index contributed by atoms with van der Waals surface area (Å²) >= 11 is 0. The Kier molecular flexibility index (Phi) is 6.67. The van der Waals surface area contributed by atoms with Crippen molar-refractivity contribution in [2.24, 2.45) is 0 Å². The first-order valence-corrected chi connectivity index (χ1v) is 6.43. The average molecular weight is 285 g/mol. The third-order valence-corrected chi connectivity index (χ3v) is 3.25. The van der Waals surface area contributed by atoms with Crippen LogP contribution in [0.15, 0.2) is 24.3 Å². The number of hydrogen-bond acceptors (Lipinski definition) is 3. The zero-order chi connectivity index (χ0) is 12.8. The molecule has 1 aliphatic heterocycles. The molecule has 1 saturated heterocycles. The fourth-order valence-electron chi connectivity index (χ4n) is 2.13. The van der Waals surface area contributed by atoms with Gasteiger partial charge >= 0.3 is 0 Å². The number of nitrogens with one attached hydrogen (secondary N) is 2. The molecule has 1 heterocycles. The fourth-order valence-corrected chi connectivity index (χ4v) is 2.13. The number of rotatable bonds is 4. The van der Waals surface area contributed by atoms with Crippen LogP contribution < -0.4 is 15.4 Å². The predicted molar refractivity (Wildman–Crippen MR) is 77.7 cm³/mol. The summed E-state index contributed by atoms with van der Waals surface area (Å²) in [5.41, 5.74) is 1.08. The first-order valence-electron chi connectivity index (χ1n) is 6.43. The molecule has 1 fully saturated rings. The van der Waals surface area contributed by atoms with Gasteiger partial charge in [0.25, 0.3) is 0 Å². The van der Waals surface area contributed by atoms with Crippen molar-refractivity contribution < 1.29 is 9.53 Å². The van der Waals surface area contributed by atoms with E-state index in [0.29, 0.717) is 6.54 Å². The Morgan fingerprint density at radius 3 is 2.68 bits per heavy atom. The van der Waals surface area contributed by atoms with Gasteiger partial charge in [0.15, 0.2) is 0 Å². The van der Waals surface area contributed by atoms with Crippen LogP contribution in [0.2, 0.25) is 0 Å². The van der Waals surface area contributed by atoms with Crippen molar-refractivity contribution in [2.45, 2.75) is 31.8 Å². The first kappa shape index (κ1) is 15.8. The summed E-state index contributed by atoms with van der Waals surface area (Å²) in [5, 5.41) is 6.21. The summed E-state index contributed by atoms with van der Waals surface area (Å²) in [4.78, 5) is 11.9. The molecule has 0 bridgehead atoms. The molecule has 2 rings (SSSR count). The zero-order valence-electron chi connectivity index (χ0n) is 11.1. The van der Waals surface area contributed by atoms with E-state index in [1.165, 1.54) is 6.42 Å². The minimum Gasteiger partial charge on any atom is -0.497 e. The van der Waals surface area contributed by atoms with E-state index in [1.807, 2.05) is 24.3 Å². The maximum absolute atomic E-state index is 11.9. The van der Waals surface area contributed by atoms with Crippen LogP contribution in [0.4, 0.5) is 0 Å². The lowest BCUT2D eigenvalue weighted by atomic mass is 10.0.